The molecule has 0 heterocycles. The smallest absolute Gasteiger partial charge is 0.248 e. The number of amides is 1. The van der Waals surface area contributed by atoms with E-state index >= 15 is 0 Å². The van der Waals surface area contributed by atoms with Crippen molar-refractivity contribution in [1.82, 2.24) is 0 Å². The minimum atomic E-state index is -0.426. The summed E-state index contributed by atoms with van der Waals surface area (Å²) in [6.07, 6.45) is 8.56. The van der Waals surface area contributed by atoms with E-state index in [0.717, 1.165) is 12.2 Å². The third kappa shape index (κ3) is 3.39. The minimum Gasteiger partial charge on any atom is -0.397 e. The summed E-state index contributed by atoms with van der Waals surface area (Å²) in [6, 6.07) is 5.14. The average Bonchev–Trinajstić information content (AvgIpc) is 2.47. The van der Waals surface area contributed by atoms with Gasteiger partial charge in [0.05, 0.1) is 11.4 Å². The number of carbonyl (C=O) groups excluding carboxylic acids is 1. The molecule has 110 valence electrons. The van der Waals surface area contributed by atoms with Gasteiger partial charge in [0, 0.05) is 16.9 Å². The Morgan fingerprint density at radius 2 is 2.05 bits per heavy atom. The van der Waals surface area contributed by atoms with Gasteiger partial charge in [0.1, 0.15) is 0 Å². The number of hydrogen-bond acceptors (Lipinski definition) is 4. The summed E-state index contributed by atoms with van der Waals surface area (Å²) in [5, 5.41) is 3.42. The minimum absolute atomic E-state index is 0.285. The van der Waals surface area contributed by atoms with Crippen LogP contribution in [0.25, 0.3) is 0 Å². The van der Waals surface area contributed by atoms with Gasteiger partial charge in [-0.15, -0.1) is 0 Å². The zero-order valence-corrected chi connectivity index (χ0v) is 12.8. The van der Waals surface area contributed by atoms with Crippen LogP contribution in [0.3, 0.4) is 0 Å². The van der Waals surface area contributed by atoms with E-state index in [4.69, 9.17) is 11.5 Å². The molecule has 2 rings (SSSR count). The highest BCUT2D eigenvalue weighted by Crippen LogP contribution is 2.39. The zero-order valence-electron chi connectivity index (χ0n) is 11.9. The first-order valence-corrected chi connectivity index (χ1v) is 8.27. The highest BCUT2D eigenvalue weighted by molar-refractivity contribution is 8.00. The summed E-state index contributed by atoms with van der Waals surface area (Å²) >= 11 is 1.93. The summed E-state index contributed by atoms with van der Waals surface area (Å²) in [4.78, 5) is 11.2. The van der Waals surface area contributed by atoms with Crippen LogP contribution in [0.15, 0.2) is 18.2 Å². The Labute approximate surface area is 124 Å². The van der Waals surface area contributed by atoms with Crippen LogP contribution in [0.1, 0.15) is 42.5 Å². The Morgan fingerprint density at radius 1 is 1.35 bits per heavy atom. The Balaban J connectivity index is 2.09. The topological polar surface area (TPSA) is 81.1 Å². The number of anilines is 2. The predicted molar refractivity (Wildman–Crippen MR) is 87.2 cm³/mol. The van der Waals surface area contributed by atoms with Gasteiger partial charge in [-0.3, -0.25) is 4.79 Å². The van der Waals surface area contributed by atoms with Gasteiger partial charge >= 0.3 is 0 Å². The molecular weight excluding hydrogens is 270 g/mol. The lowest BCUT2D eigenvalue weighted by Crippen LogP contribution is -2.35. The molecule has 1 aromatic rings. The molecule has 0 spiro atoms. The number of carbonyl (C=O) groups is 1. The van der Waals surface area contributed by atoms with Crippen molar-refractivity contribution in [1.29, 1.82) is 0 Å². The number of thioether (sulfide) groups is 1. The van der Waals surface area contributed by atoms with Crippen LogP contribution >= 0.6 is 11.8 Å². The fourth-order valence-corrected chi connectivity index (χ4v) is 3.68. The number of hydrogen-bond donors (Lipinski definition) is 3. The first-order valence-electron chi connectivity index (χ1n) is 7.05. The van der Waals surface area contributed by atoms with Gasteiger partial charge in [0.25, 0.3) is 0 Å². The van der Waals surface area contributed by atoms with Crippen LogP contribution in [0.2, 0.25) is 0 Å². The van der Waals surface area contributed by atoms with Gasteiger partial charge < -0.3 is 16.8 Å². The van der Waals surface area contributed by atoms with Crippen molar-refractivity contribution in [3.05, 3.63) is 23.8 Å². The molecule has 1 aliphatic carbocycles. The Kier molecular flexibility index (Phi) is 4.81. The first kappa shape index (κ1) is 15.0. The molecule has 5 N–H and O–H groups in total. The van der Waals surface area contributed by atoms with E-state index in [1.807, 2.05) is 11.8 Å². The van der Waals surface area contributed by atoms with E-state index in [1.165, 1.54) is 32.1 Å². The molecule has 0 aliphatic heterocycles. The molecule has 0 unspecified atom stereocenters. The molecule has 0 saturated heterocycles. The summed E-state index contributed by atoms with van der Waals surface area (Å²) in [5.74, 6) is -0.426. The van der Waals surface area contributed by atoms with Crippen LogP contribution in [0.4, 0.5) is 11.4 Å². The molecular formula is C15H23N3OS. The second-order valence-corrected chi connectivity index (χ2v) is 6.74. The van der Waals surface area contributed by atoms with E-state index in [-0.39, 0.29) is 4.75 Å². The Hall–Kier alpha value is -1.36. The van der Waals surface area contributed by atoms with Gasteiger partial charge in [-0.25, -0.2) is 0 Å². The molecule has 0 atom stereocenters. The lowest BCUT2D eigenvalue weighted by atomic mass is 9.88. The maximum atomic E-state index is 11.2. The van der Waals surface area contributed by atoms with Crippen LogP contribution in [0, 0.1) is 0 Å². The molecule has 0 radical (unpaired) electrons. The number of benzene rings is 1. The average molecular weight is 293 g/mol. The van der Waals surface area contributed by atoms with Gasteiger partial charge in [-0.1, -0.05) is 19.3 Å². The molecule has 0 bridgehead atoms. The van der Waals surface area contributed by atoms with E-state index < -0.39 is 5.91 Å². The molecule has 0 aromatic heterocycles. The highest BCUT2D eigenvalue weighted by atomic mass is 32.2. The van der Waals surface area contributed by atoms with Gasteiger partial charge in [0.2, 0.25) is 5.91 Å². The van der Waals surface area contributed by atoms with E-state index in [2.05, 4.69) is 11.6 Å². The van der Waals surface area contributed by atoms with Crippen molar-refractivity contribution >= 4 is 29.0 Å². The predicted octanol–water partition coefficient (Wildman–Crippen LogP) is 2.85. The van der Waals surface area contributed by atoms with Crippen molar-refractivity contribution in [3.63, 3.8) is 0 Å². The van der Waals surface area contributed by atoms with Crippen LogP contribution < -0.4 is 16.8 Å². The summed E-state index contributed by atoms with van der Waals surface area (Å²) < 4.78 is 0.285. The van der Waals surface area contributed by atoms with Crippen LogP contribution in [-0.4, -0.2) is 23.5 Å². The SMILES string of the molecule is CSC1(CNc2cc(C(N)=O)ccc2N)CCCCC1. The van der Waals surface area contributed by atoms with E-state index in [1.54, 1.807) is 18.2 Å². The van der Waals surface area contributed by atoms with Crippen molar-refractivity contribution < 1.29 is 4.79 Å². The molecule has 1 saturated carbocycles. The summed E-state index contributed by atoms with van der Waals surface area (Å²) in [7, 11) is 0. The summed E-state index contributed by atoms with van der Waals surface area (Å²) in [5.41, 5.74) is 13.2. The molecule has 5 heteroatoms. The number of rotatable bonds is 5. The molecule has 20 heavy (non-hydrogen) atoms. The van der Waals surface area contributed by atoms with Crippen molar-refractivity contribution in [3.8, 4) is 0 Å². The zero-order chi connectivity index (χ0) is 14.6. The fraction of sp³-hybridized carbons (Fsp3) is 0.533. The molecule has 4 nitrogen and oxygen atoms in total. The van der Waals surface area contributed by atoms with Gasteiger partial charge in [-0.2, -0.15) is 11.8 Å². The molecule has 1 aliphatic rings. The standard InChI is InChI=1S/C15H23N3OS/c1-20-15(7-3-2-4-8-15)10-18-13-9-11(14(17)19)5-6-12(13)16/h5-6,9,18H,2-4,7-8,10,16H2,1H3,(H2,17,19). The molecule has 1 aromatic carbocycles. The first-order chi connectivity index (χ1) is 9.56. The quantitative estimate of drug-likeness (QED) is 0.729. The lowest BCUT2D eigenvalue weighted by Gasteiger charge is -2.36. The summed E-state index contributed by atoms with van der Waals surface area (Å²) in [6.45, 7) is 0.876. The van der Waals surface area contributed by atoms with Crippen molar-refractivity contribution in [2.75, 3.05) is 23.9 Å². The number of primary amides is 1. The van der Waals surface area contributed by atoms with Gasteiger partial charge in [-0.05, 0) is 37.3 Å². The molecule has 1 fully saturated rings. The van der Waals surface area contributed by atoms with Crippen molar-refractivity contribution in [2.24, 2.45) is 5.73 Å². The number of nitrogens with one attached hydrogen (secondary N) is 1. The fourth-order valence-electron chi connectivity index (χ4n) is 2.77. The Bertz CT molecular complexity index is 484. The van der Waals surface area contributed by atoms with Crippen LogP contribution in [-0.2, 0) is 0 Å². The maximum absolute atomic E-state index is 11.2. The number of nitrogens with two attached hydrogens (primary N) is 2. The molecule has 1 amide bonds. The van der Waals surface area contributed by atoms with E-state index in [9.17, 15) is 4.79 Å². The second-order valence-electron chi connectivity index (χ2n) is 5.47. The monoisotopic (exact) mass is 293 g/mol. The van der Waals surface area contributed by atoms with Crippen LogP contribution in [0.5, 0.6) is 0 Å². The second kappa shape index (κ2) is 6.39. The van der Waals surface area contributed by atoms with Crippen molar-refractivity contribution in [2.45, 2.75) is 36.9 Å². The third-order valence-electron chi connectivity index (χ3n) is 4.14. The maximum Gasteiger partial charge on any atom is 0.248 e. The Morgan fingerprint density at radius 3 is 2.65 bits per heavy atom. The van der Waals surface area contributed by atoms with Gasteiger partial charge in [0.15, 0.2) is 0 Å². The number of nitrogen functional groups attached to an aromatic ring is 1. The normalized spacial score (nSPS) is 17.6. The van der Waals surface area contributed by atoms with E-state index in [0.29, 0.717) is 11.3 Å². The largest absolute Gasteiger partial charge is 0.397 e. The lowest BCUT2D eigenvalue weighted by molar-refractivity contribution is 0.100. The highest BCUT2D eigenvalue weighted by Gasteiger charge is 2.30. The third-order valence-corrected chi connectivity index (χ3v) is 5.56.